The lowest BCUT2D eigenvalue weighted by atomic mass is 10.2. The number of ether oxygens (including phenoxy) is 2. The average molecular weight is 328 g/mol. The SMILES string of the molecule is CCOC(=O)CCC(=O)c1cc2cc(OC)c(Cl)nc2s1. The number of fused-ring (bicyclic) bond motifs is 1. The third-order valence-electron chi connectivity index (χ3n) is 2.79. The lowest BCUT2D eigenvalue weighted by Gasteiger charge is -2.00. The maximum absolute atomic E-state index is 12.1. The van der Waals surface area contributed by atoms with Crippen molar-refractivity contribution >= 4 is 44.9 Å². The summed E-state index contributed by atoms with van der Waals surface area (Å²) in [5, 5.41) is 1.05. The molecule has 2 aromatic rings. The molecule has 0 amide bonds. The second-order valence-electron chi connectivity index (χ2n) is 4.21. The summed E-state index contributed by atoms with van der Waals surface area (Å²) in [7, 11) is 1.51. The van der Waals surface area contributed by atoms with Crippen molar-refractivity contribution in [3.05, 3.63) is 22.2 Å². The molecule has 0 radical (unpaired) electrons. The van der Waals surface area contributed by atoms with Crippen molar-refractivity contribution in [3.8, 4) is 5.75 Å². The van der Waals surface area contributed by atoms with Crippen LogP contribution in [0.3, 0.4) is 0 Å². The molecule has 2 heterocycles. The van der Waals surface area contributed by atoms with Gasteiger partial charge in [-0.2, -0.15) is 0 Å². The highest BCUT2D eigenvalue weighted by molar-refractivity contribution is 7.20. The number of halogens is 1. The first-order valence-electron chi connectivity index (χ1n) is 6.38. The minimum Gasteiger partial charge on any atom is -0.494 e. The van der Waals surface area contributed by atoms with Gasteiger partial charge in [0.2, 0.25) is 0 Å². The van der Waals surface area contributed by atoms with Crippen LogP contribution in [-0.2, 0) is 9.53 Å². The number of hydrogen-bond donors (Lipinski definition) is 0. The molecule has 0 unspecified atom stereocenters. The van der Waals surface area contributed by atoms with E-state index in [2.05, 4.69) is 4.98 Å². The smallest absolute Gasteiger partial charge is 0.306 e. The summed E-state index contributed by atoms with van der Waals surface area (Å²) in [4.78, 5) is 28.7. The molecule has 0 aliphatic carbocycles. The van der Waals surface area contributed by atoms with Crippen molar-refractivity contribution in [3.63, 3.8) is 0 Å². The van der Waals surface area contributed by atoms with Crippen LogP contribution in [0, 0.1) is 0 Å². The van der Waals surface area contributed by atoms with Crippen LogP contribution < -0.4 is 4.74 Å². The van der Waals surface area contributed by atoms with Crippen LogP contribution in [0.25, 0.3) is 10.2 Å². The number of pyridine rings is 1. The quantitative estimate of drug-likeness (QED) is 0.461. The monoisotopic (exact) mass is 327 g/mol. The van der Waals surface area contributed by atoms with E-state index in [1.807, 2.05) is 0 Å². The average Bonchev–Trinajstić information content (AvgIpc) is 2.86. The van der Waals surface area contributed by atoms with Crippen LogP contribution >= 0.6 is 22.9 Å². The summed E-state index contributed by atoms with van der Waals surface area (Å²) in [6.07, 6.45) is 0.203. The van der Waals surface area contributed by atoms with Crippen LogP contribution in [0.5, 0.6) is 5.75 Å². The number of thiophene rings is 1. The number of carbonyl (C=O) groups is 2. The predicted octanol–water partition coefficient (Wildman–Crippen LogP) is 3.48. The molecule has 112 valence electrons. The van der Waals surface area contributed by atoms with Crippen molar-refractivity contribution in [2.24, 2.45) is 0 Å². The molecular weight excluding hydrogens is 314 g/mol. The second kappa shape index (κ2) is 6.87. The summed E-state index contributed by atoms with van der Waals surface area (Å²) in [6.45, 7) is 2.05. The number of rotatable bonds is 6. The molecule has 0 aromatic carbocycles. The van der Waals surface area contributed by atoms with E-state index >= 15 is 0 Å². The molecular formula is C14H14ClNO4S. The predicted molar refractivity (Wildman–Crippen MR) is 81.4 cm³/mol. The Hall–Kier alpha value is -1.66. The van der Waals surface area contributed by atoms with E-state index in [4.69, 9.17) is 21.1 Å². The first-order valence-corrected chi connectivity index (χ1v) is 7.57. The number of nitrogens with zero attached hydrogens (tertiary/aromatic N) is 1. The molecule has 0 atom stereocenters. The lowest BCUT2D eigenvalue weighted by molar-refractivity contribution is -0.143. The molecule has 21 heavy (non-hydrogen) atoms. The van der Waals surface area contributed by atoms with Gasteiger partial charge in [0.25, 0.3) is 0 Å². The number of Topliss-reactive ketones (excluding diaryl/α,β-unsaturated/α-hetero) is 1. The van der Waals surface area contributed by atoms with E-state index < -0.39 is 0 Å². The van der Waals surface area contributed by atoms with Gasteiger partial charge in [-0.15, -0.1) is 11.3 Å². The van der Waals surface area contributed by atoms with Crippen molar-refractivity contribution in [1.82, 2.24) is 4.98 Å². The Morgan fingerprint density at radius 1 is 1.33 bits per heavy atom. The summed E-state index contributed by atoms with van der Waals surface area (Å²) < 4.78 is 9.89. The fraction of sp³-hybridized carbons (Fsp3) is 0.357. The number of carbonyl (C=O) groups excluding carboxylic acids is 2. The number of esters is 1. The van der Waals surface area contributed by atoms with E-state index in [0.717, 1.165) is 5.39 Å². The lowest BCUT2D eigenvalue weighted by Crippen LogP contribution is -2.07. The maximum atomic E-state index is 12.1. The van der Waals surface area contributed by atoms with Gasteiger partial charge in [-0.1, -0.05) is 11.6 Å². The summed E-state index contributed by atoms with van der Waals surface area (Å²) in [5.74, 6) is -0.0107. The van der Waals surface area contributed by atoms with Crippen LogP contribution in [0.15, 0.2) is 12.1 Å². The molecule has 2 rings (SSSR count). The largest absolute Gasteiger partial charge is 0.494 e. The molecule has 0 saturated heterocycles. The van der Waals surface area contributed by atoms with Gasteiger partial charge < -0.3 is 9.47 Å². The van der Waals surface area contributed by atoms with Gasteiger partial charge in [0, 0.05) is 11.8 Å². The highest BCUT2D eigenvalue weighted by Crippen LogP contribution is 2.32. The fourth-order valence-corrected chi connectivity index (χ4v) is 3.03. The molecule has 2 aromatic heterocycles. The Balaban J connectivity index is 2.15. The highest BCUT2D eigenvalue weighted by atomic mass is 35.5. The summed E-state index contributed by atoms with van der Waals surface area (Å²) in [5.41, 5.74) is 0. The normalized spacial score (nSPS) is 10.6. The van der Waals surface area contributed by atoms with Gasteiger partial charge in [0.15, 0.2) is 16.7 Å². The minimum atomic E-state index is -0.366. The van der Waals surface area contributed by atoms with Crippen molar-refractivity contribution in [2.45, 2.75) is 19.8 Å². The molecule has 0 aliphatic heterocycles. The molecule has 0 fully saturated rings. The van der Waals surface area contributed by atoms with Gasteiger partial charge in [-0.05, 0) is 19.1 Å². The van der Waals surface area contributed by atoms with Crippen LogP contribution in [0.4, 0.5) is 0 Å². The Morgan fingerprint density at radius 2 is 2.10 bits per heavy atom. The van der Waals surface area contributed by atoms with E-state index in [0.29, 0.717) is 22.1 Å². The van der Waals surface area contributed by atoms with Gasteiger partial charge >= 0.3 is 5.97 Å². The Kier molecular flexibility index (Phi) is 5.14. The molecule has 0 spiro atoms. The number of ketones is 1. The van der Waals surface area contributed by atoms with E-state index in [9.17, 15) is 9.59 Å². The minimum absolute atomic E-state index is 0.0818. The molecule has 0 aliphatic rings. The topological polar surface area (TPSA) is 65.5 Å². The number of hydrogen-bond acceptors (Lipinski definition) is 6. The van der Waals surface area contributed by atoms with Crippen LogP contribution in [0.2, 0.25) is 5.15 Å². The number of methoxy groups -OCH3 is 1. The second-order valence-corrected chi connectivity index (χ2v) is 5.60. The van der Waals surface area contributed by atoms with Gasteiger partial charge in [-0.25, -0.2) is 4.98 Å². The van der Waals surface area contributed by atoms with Crippen LogP contribution in [-0.4, -0.2) is 30.5 Å². The zero-order chi connectivity index (χ0) is 15.4. The number of aromatic nitrogens is 1. The van der Waals surface area contributed by atoms with Crippen LogP contribution in [0.1, 0.15) is 29.4 Å². The first-order chi connectivity index (χ1) is 10.0. The van der Waals surface area contributed by atoms with E-state index in [1.165, 1.54) is 18.4 Å². The Morgan fingerprint density at radius 3 is 2.76 bits per heavy atom. The Bertz CT molecular complexity index is 683. The van der Waals surface area contributed by atoms with Gasteiger partial charge in [0.05, 0.1) is 25.0 Å². The molecule has 0 saturated carbocycles. The summed E-state index contributed by atoms with van der Waals surface area (Å²) in [6, 6.07) is 3.47. The Labute approximate surface area is 130 Å². The maximum Gasteiger partial charge on any atom is 0.306 e. The first kappa shape index (κ1) is 15.7. The molecule has 5 nitrogen and oxygen atoms in total. The van der Waals surface area contributed by atoms with E-state index in [1.54, 1.807) is 19.1 Å². The zero-order valence-electron chi connectivity index (χ0n) is 11.6. The third-order valence-corrected chi connectivity index (χ3v) is 4.14. The standard InChI is InChI=1S/C14H14ClNO4S/c1-3-20-12(18)5-4-9(17)11-7-8-6-10(19-2)13(15)16-14(8)21-11/h6-7H,3-5H2,1-2H3. The van der Waals surface area contributed by atoms with Crippen molar-refractivity contribution in [2.75, 3.05) is 13.7 Å². The molecule has 0 bridgehead atoms. The van der Waals surface area contributed by atoms with Crippen molar-refractivity contribution in [1.29, 1.82) is 0 Å². The molecule has 0 N–H and O–H groups in total. The molecule has 7 heteroatoms. The van der Waals surface area contributed by atoms with E-state index in [-0.39, 0.29) is 29.7 Å². The third kappa shape index (κ3) is 3.71. The fourth-order valence-electron chi connectivity index (χ4n) is 1.78. The van der Waals surface area contributed by atoms with Gasteiger partial charge in [0.1, 0.15) is 4.83 Å². The van der Waals surface area contributed by atoms with Gasteiger partial charge in [-0.3, -0.25) is 9.59 Å². The van der Waals surface area contributed by atoms with Crippen molar-refractivity contribution < 1.29 is 19.1 Å². The summed E-state index contributed by atoms with van der Waals surface area (Å²) >= 11 is 7.21. The highest BCUT2D eigenvalue weighted by Gasteiger charge is 2.15. The zero-order valence-corrected chi connectivity index (χ0v) is 13.2.